The summed E-state index contributed by atoms with van der Waals surface area (Å²) in [6.07, 6.45) is 0.225. The molecule has 96 valence electrons. The Morgan fingerprint density at radius 3 is 2.72 bits per heavy atom. The minimum atomic E-state index is -3.28. The Bertz CT molecular complexity index is 629. The topological polar surface area (TPSA) is 61.2 Å². The van der Waals surface area contributed by atoms with Crippen LogP contribution >= 0.6 is 0 Å². The molecule has 0 amide bonds. The molecule has 4 nitrogen and oxygen atoms in total. The number of aryl methyl sites for hydroxylation is 2. The summed E-state index contributed by atoms with van der Waals surface area (Å²) < 4.78 is 24.5. The molecule has 0 aliphatic carbocycles. The summed E-state index contributed by atoms with van der Waals surface area (Å²) in [4.78, 5) is 2.32. The number of anilines is 1. The van der Waals surface area contributed by atoms with Gasteiger partial charge in [0.25, 0.3) is 0 Å². The third-order valence-electron chi connectivity index (χ3n) is 3.38. The number of hydrogen-bond acceptors (Lipinski definition) is 4. The van der Waals surface area contributed by atoms with Gasteiger partial charge in [0.1, 0.15) is 0 Å². The van der Waals surface area contributed by atoms with E-state index in [4.69, 9.17) is 5.26 Å². The fourth-order valence-corrected chi connectivity index (χ4v) is 4.54. The quantitative estimate of drug-likeness (QED) is 0.776. The van der Waals surface area contributed by atoms with Gasteiger partial charge in [0.15, 0.2) is 9.84 Å². The molecule has 1 heterocycles. The second-order valence-corrected chi connectivity index (χ2v) is 6.84. The molecule has 2 rings (SSSR count). The van der Waals surface area contributed by atoms with Crippen LogP contribution in [0.3, 0.4) is 0 Å². The van der Waals surface area contributed by atoms with E-state index in [1.807, 2.05) is 31.9 Å². The lowest BCUT2D eigenvalue weighted by Crippen LogP contribution is -2.42. The first-order valence-corrected chi connectivity index (χ1v) is 7.46. The fourth-order valence-electron chi connectivity index (χ4n) is 2.55. The summed E-state index contributed by atoms with van der Waals surface area (Å²) in [6, 6.07) is 5.50. The number of hydrogen-bond donors (Lipinski definition) is 0. The van der Waals surface area contributed by atoms with E-state index in [-0.39, 0.29) is 18.2 Å². The molecule has 18 heavy (non-hydrogen) atoms. The maximum atomic E-state index is 12.3. The van der Waals surface area contributed by atoms with E-state index in [1.165, 1.54) is 0 Å². The van der Waals surface area contributed by atoms with Crippen LogP contribution in [0.15, 0.2) is 17.0 Å². The van der Waals surface area contributed by atoms with Crippen molar-refractivity contribution in [2.45, 2.75) is 31.2 Å². The molecule has 1 aromatic carbocycles. The number of fused-ring (bicyclic) bond motifs is 1. The van der Waals surface area contributed by atoms with E-state index in [9.17, 15) is 8.42 Å². The molecule has 1 aromatic rings. The molecule has 0 saturated carbocycles. The van der Waals surface area contributed by atoms with Crippen molar-refractivity contribution in [1.82, 2.24) is 0 Å². The standard InChI is InChI=1S/C13H16N2O2S/c1-9-6-10(2)13-12(7-9)18(16,17)8-11(4-5-14)15(13)3/h6-7,11H,4,8H2,1-3H3. The first kappa shape index (κ1) is 12.9. The molecule has 1 aliphatic rings. The summed E-state index contributed by atoms with van der Waals surface area (Å²) in [5.74, 6) is 0.0208. The van der Waals surface area contributed by atoms with Crippen molar-refractivity contribution in [3.63, 3.8) is 0 Å². The highest BCUT2D eigenvalue weighted by molar-refractivity contribution is 7.91. The highest BCUT2D eigenvalue weighted by atomic mass is 32.2. The van der Waals surface area contributed by atoms with E-state index in [1.54, 1.807) is 6.07 Å². The minimum Gasteiger partial charge on any atom is -0.368 e. The van der Waals surface area contributed by atoms with Crippen molar-refractivity contribution in [2.24, 2.45) is 0 Å². The van der Waals surface area contributed by atoms with Crippen LogP contribution in [0.25, 0.3) is 0 Å². The predicted octanol–water partition coefficient (Wildman–Crippen LogP) is 1.81. The molecule has 0 aromatic heterocycles. The molecule has 0 bridgehead atoms. The van der Waals surface area contributed by atoms with E-state index in [0.29, 0.717) is 4.90 Å². The number of rotatable bonds is 1. The Labute approximate surface area is 108 Å². The first-order valence-electron chi connectivity index (χ1n) is 5.80. The van der Waals surface area contributed by atoms with Crippen LogP contribution in [0.2, 0.25) is 0 Å². The van der Waals surface area contributed by atoms with E-state index in [2.05, 4.69) is 6.07 Å². The summed E-state index contributed by atoms with van der Waals surface area (Å²) in [5, 5.41) is 8.80. The Morgan fingerprint density at radius 1 is 1.44 bits per heavy atom. The molecule has 0 saturated heterocycles. The van der Waals surface area contributed by atoms with Crippen molar-refractivity contribution in [1.29, 1.82) is 5.26 Å². The van der Waals surface area contributed by atoms with Crippen LogP contribution in [0.1, 0.15) is 17.5 Å². The van der Waals surface area contributed by atoms with Gasteiger partial charge in [-0.1, -0.05) is 6.07 Å². The molecule has 0 fully saturated rings. The highest BCUT2D eigenvalue weighted by Crippen LogP contribution is 2.36. The maximum Gasteiger partial charge on any atom is 0.182 e. The largest absolute Gasteiger partial charge is 0.368 e. The summed E-state index contributed by atoms with van der Waals surface area (Å²) in [7, 11) is -1.43. The van der Waals surface area contributed by atoms with Crippen LogP contribution in [-0.4, -0.2) is 27.3 Å². The van der Waals surface area contributed by atoms with E-state index in [0.717, 1.165) is 16.8 Å². The summed E-state index contributed by atoms with van der Waals surface area (Å²) >= 11 is 0. The zero-order valence-corrected chi connectivity index (χ0v) is 11.6. The second kappa shape index (κ2) is 4.29. The highest BCUT2D eigenvalue weighted by Gasteiger charge is 2.34. The van der Waals surface area contributed by atoms with E-state index < -0.39 is 9.84 Å². The second-order valence-electron chi connectivity index (χ2n) is 4.84. The van der Waals surface area contributed by atoms with Crippen molar-refractivity contribution in [3.8, 4) is 6.07 Å². The third kappa shape index (κ3) is 1.97. The van der Waals surface area contributed by atoms with Gasteiger partial charge in [0.2, 0.25) is 0 Å². The normalized spacial score (nSPS) is 21.2. The first-order chi connectivity index (χ1) is 8.36. The van der Waals surface area contributed by atoms with Gasteiger partial charge in [-0.05, 0) is 31.0 Å². The lowest BCUT2D eigenvalue weighted by molar-refractivity contribution is 0.572. The summed E-state index contributed by atoms with van der Waals surface area (Å²) in [5.41, 5.74) is 2.63. The average molecular weight is 264 g/mol. The molecular weight excluding hydrogens is 248 g/mol. The molecular formula is C13H16N2O2S. The Kier molecular flexibility index (Phi) is 3.07. The van der Waals surface area contributed by atoms with Crippen LogP contribution in [0, 0.1) is 25.2 Å². The number of benzene rings is 1. The average Bonchev–Trinajstić information content (AvgIpc) is 2.25. The van der Waals surface area contributed by atoms with Gasteiger partial charge in [0, 0.05) is 7.05 Å². The molecule has 1 aliphatic heterocycles. The molecule has 0 N–H and O–H groups in total. The zero-order valence-electron chi connectivity index (χ0n) is 10.8. The predicted molar refractivity (Wildman–Crippen MR) is 70.4 cm³/mol. The van der Waals surface area contributed by atoms with Gasteiger partial charge in [-0.3, -0.25) is 0 Å². The number of nitriles is 1. The third-order valence-corrected chi connectivity index (χ3v) is 5.19. The number of sulfone groups is 1. The molecule has 0 radical (unpaired) electrons. The minimum absolute atomic E-state index is 0.0208. The monoisotopic (exact) mass is 264 g/mol. The van der Waals surface area contributed by atoms with Crippen LogP contribution in [0.5, 0.6) is 0 Å². The van der Waals surface area contributed by atoms with Gasteiger partial charge >= 0.3 is 0 Å². The lowest BCUT2D eigenvalue weighted by atomic mass is 10.1. The summed E-state index contributed by atoms with van der Waals surface area (Å²) in [6.45, 7) is 3.80. The fraction of sp³-hybridized carbons (Fsp3) is 0.462. The molecule has 1 atom stereocenters. The van der Waals surface area contributed by atoms with Gasteiger partial charge < -0.3 is 4.90 Å². The Balaban J connectivity index is 2.67. The zero-order chi connectivity index (χ0) is 13.5. The molecule has 5 heteroatoms. The van der Waals surface area contributed by atoms with Crippen LogP contribution in [-0.2, 0) is 9.84 Å². The van der Waals surface area contributed by atoms with Gasteiger partial charge in [-0.2, -0.15) is 5.26 Å². The van der Waals surface area contributed by atoms with Gasteiger partial charge in [-0.25, -0.2) is 8.42 Å². The van der Waals surface area contributed by atoms with Gasteiger partial charge in [-0.15, -0.1) is 0 Å². The molecule has 0 spiro atoms. The SMILES string of the molecule is Cc1cc(C)c2c(c1)S(=O)(=O)CC(CC#N)N2C. The van der Waals surface area contributed by atoms with Crippen molar-refractivity contribution in [2.75, 3.05) is 17.7 Å². The van der Waals surface area contributed by atoms with Gasteiger partial charge in [0.05, 0.1) is 34.9 Å². The smallest absolute Gasteiger partial charge is 0.182 e. The number of nitrogens with zero attached hydrogens (tertiary/aromatic N) is 2. The maximum absolute atomic E-state index is 12.3. The lowest BCUT2D eigenvalue weighted by Gasteiger charge is -2.35. The van der Waals surface area contributed by atoms with Crippen LogP contribution < -0.4 is 4.90 Å². The van der Waals surface area contributed by atoms with Crippen molar-refractivity contribution < 1.29 is 8.42 Å². The van der Waals surface area contributed by atoms with Crippen molar-refractivity contribution in [3.05, 3.63) is 23.3 Å². The van der Waals surface area contributed by atoms with Crippen LogP contribution in [0.4, 0.5) is 5.69 Å². The molecule has 1 unspecified atom stereocenters. The Hall–Kier alpha value is -1.54. The Morgan fingerprint density at radius 2 is 2.11 bits per heavy atom. The van der Waals surface area contributed by atoms with E-state index >= 15 is 0 Å². The van der Waals surface area contributed by atoms with Crippen molar-refractivity contribution >= 4 is 15.5 Å².